The number of hydrogen-bond donors (Lipinski definition) is 1. The molecule has 1 aromatic carbocycles. The van der Waals surface area contributed by atoms with Crippen molar-refractivity contribution in [2.45, 2.75) is 77.5 Å². The lowest BCUT2D eigenvalue weighted by molar-refractivity contribution is -0.134. The van der Waals surface area contributed by atoms with Gasteiger partial charge in [0.25, 0.3) is 5.91 Å². The van der Waals surface area contributed by atoms with E-state index in [-0.39, 0.29) is 48.9 Å². The minimum atomic E-state index is -1.15. The van der Waals surface area contributed by atoms with Gasteiger partial charge in [0.1, 0.15) is 11.2 Å². The van der Waals surface area contributed by atoms with Crippen molar-refractivity contribution in [1.82, 2.24) is 20.0 Å². The van der Waals surface area contributed by atoms with E-state index in [0.29, 0.717) is 0 Å². The maximum atomic E-state index is 13.6. The van der Waals surface area contributed by atoms with Crippen LogP contribution in [-0.2, 0) is 22.6 Å². The molecule has 0 saturated heterocycles. The second-order valence-corrected chi connectivity index (χ2v) is 9.25. The van der Waals surface area contributed by atoms with Gasteiger partial charge < -0.3 is 15.0 Å². The maximum absolute atomic E-state index is 13.6. The number of carbonyl (C=O) groups is 3. The number of ether oxygens (including phenoxy) is 1. The van der Waals surface area contributed by atoms with Gasteiger partial charge >= 0.3 is 5.97 Å². The first-order valence-corrected chi connectivity index (χ1v) is 11.8. The number of amides is 2. The first kappa shape index (κ1) is 23.0. The van der Waals surface area contributed by atoms with Crippen LogP contribution in [-0.4, -0.2) is 50.7 Å². The second-order valence-electron chi connectivity index (χ2n) is 9.25. The van der Waals surface area contributed by atoms with E-state index in [2.05, 4.69) is 10.4 Å². The zero-order chi connectivity index (χ0) is 23.6. The first-order chi connectivity index (χ1) is 15.8. The fourth-order valence-electron chi connectivity index (χ4n) is 4.66. The molecule has 2 aromatic rings. The summed E-state index contributed by atoms with van der Waals surface area (Å²) < 4.78 is 6.53. The van der Waals surface area contributed by atoms with Gasteiger partial charge in [0.2, 0.25) is 5.91 Å². The maximum Gasteiger partial charge on any atom is 0.358 e. The molecule has 4 rings (SSSR count). The van der Waals surface area contributed by atoms with Gasteiger partial charge in [0.15, 0.2) is 5.69 Å². The molecule has 1 atom stereocenters. The van der Waals surface area contributed by atoms with E-state index in [1.807, 2.05) is 31.2 Å². The van der Waals surface area contributed by atoms with Gasteiger partial charge in [-0.05, 0) is 39.2 Å². The number of nitrogens with zero attached hydrogens (tertiary/aromatic N) is 3. The molecule has 1 saturated carbocycles. The SMILES string of the molecule is CCOC(=O)c1cc2n(n1)C[C@@](C)(C(=O)NC1CCCCC1)N(Cc1ccc(C)cc1)C2=O. The Balaban J connectivity index is 1.68. The van der Waals surface area contributed by atoms with Crippen LogP contribution in [0.25, 0.3) is 0 Å². The fourth-order valence-corrected chi connectivity index (χ4v) is 4.66. The molecular weight excluding hydrogens is 420 g/mol. The standard InChI is InChI=1S/C25H32N4O4/c1-4-33-23(31)20-14-21-22(30)28(15-18-12-10-17(2)11-13-18)25(3,16-29(21)27-20)24(32)26-19-8-6-5-7-9-19/h10-14,19H,4-9,15-16H2,1-3H3,(H,26,32)/t25-/m0/s1. The minimum Gasteiger partial charge on any atom is -0.461 e. The molecule has 0 radical (unpaired) electrons. The van der Waals surface area contributed by atoms with Crippen LogP contribution in [0.4, 0.5) is 0 Å². The largest absolute Gasteiger partial charge is 0.461 e. The van der Waals surface area contributed by atoms with Crippen molar-refractivity contribution in [3.63, 3.8) is 0 Å². The third-order valence-corrected chi connectivity index (χ3v) is 6.67. The van der Waals surface area contributed by atoms with Gasteiger partial charge in [-0.1, -0.05) is 49.1 Å². The van der Waals surface area contributed by atoms with E-state index in [1.54, 1.807) is 18.7 Å². The number of aromatic nitrogens is 2. The Labute approximate surface area is 194 Å². The van der Waals surface area contributed by atoms with Gasteiger partial charge in [-0.25, -0.2) is 4.79 Å². The number of fused-ring (bicyclic) bond motifs is 1. The van der Waals surface area contributed by atoms with E-state index in [0.717, 1.165) is 36.8 Å². The molecule has 2 heterocycles. The summed E-state index contributed by atoms with van der Waals surface area (Å²) in [6.45, 7) is 6.18. The summed E-state index contributed by atoms with van der Waals surface area (Å²) in [5.41, 5.74) is 1.27. The van der Waals surface area contributed by atoms with Gasteiger partial charge in [-0.3, -0.25) is 14.3 Å². The van der Waals surface area contributed by atoms with Crippen LogP contribution in [0.2, 0.25) is 0 Å². The van der Waals surface area contributed by atoms with Crippen LogP contribution in [0.1, 0.15) is 78.1 Å². The summed E-state index contributed by atoms with van der Waals surface area (Å²) in [5.74, 6) is -1.09. The summed E-state index contributed by atoms with van der Waals surface area (Å²) in [7, 11) is 0. The predicted molar refractivity (Wildman–Crippen MR) is 123 cm³/mol. The molecule has 1 N–H and O–H groups in total. The quantitative estimate of drug-likeness (QED) is 0.679. The Morgan fingerprint density at radius 3 is 2.55 bits per heavy atom. The summed E-state index contributed by atoms with van der Waals surface area (Å²) in [5, 5.41) is 7.50. The first-order valence-electron chi connectivity index (χ1n) is 11.8. The lowest BCUT2D eigenvalue weighted by Gasteiger charge is -2.44. The Morgan fingerprint density at radius 1 is 1.18 bits per heavy atom. The van der Waals surface area contributed by atoms with Gasteiger partial charge in [0.05, 0.1) is 13.2 Å². The highest BCUT2D eigenvalue weighted by Crippen LogP contribution is 2.30. The van der Waals surface area contributed by atoms with Crippen LogP contribution in [0, 0.1) is 6.92 Å². The molecule has 2 aliphatic rings. The zero-order valence-electron chi connectivity index (χ0n) is 19.6. The van der Waals surface area contributed by atoms with Gasteiger partial charge in [-0.2, -0.15) is 5.10 Å². The summed E-state index contributed by atoms with van der Waals surface area (Å²) in [6, 6.07) is 9.50. The molecule has 0 unspecified atom stereocenters. The normalized spacial score (nSPS) is 20.9. The molecule has 8 heteroatoms. The average molecular weight is 453 g/mol. The summed E-state index contributed by atoms with van der Waals surface area (Å²) in [4.78, 5) is 41.1. The Kier molecular flexibility index (Phi) is 6.54. The van der Waals surface area contributed by atoms with E-state index in [1.165, 1.54) is 17.2 Å². The molecular formula is C25H32N4O4. The third-order valence-electron chi connectivity index (χ3n) is 6.67. The lowest BCUT2D eigenvalue weighted by atomic mass is 9.91. The molecule has 2 amide bonds. The number of carbonyl (C=O) groups excluding carboxylic acids is 3. The second kappa shape index (κ2) is 9.37. The van der Waals surface area contributed by atoms with Crippen molar-refractivity contribution in [3.8, 4) is 0 Å². The molecule has 0 spiro atoms. The smallest absolute Gasteiger partial charge is 0.358 e. The van der Waals surface area contributed by atoms with Crippen molar-refractivity contribution < 1.29 is 19.1 Å². The molecule has 33 heavy (non-hydrogen) atoms. The molecule has 176 valence electrons. The highest BCUT2D eigenvalue weighted by Gasteiger charge is 2.48. The number of aryl methyl sites for hydroxylation is 1. The van der Waals surface area contributed by atoms with Crippen molar-refractivity contribution in [3.05, 3.63) is 52.8 Å². The van der Waals surface area contributed by atoms with Gasteiger partial charge in [-0.15, -0.1) is 0 Å². The molecule has 0 bridgehead atoms. The Hall–Kier alpha value is -3.16. The van der Waals surface area contributed by atoms with E-state index in [9.17, 15) is 14.4 Å². The van der Waals surface area contributed by atoms with Crippen molar-refractivity contribution in [2.75, 3.05) is 6.61 Å². The predicted octanol–water partition coefficient (Wildman–Crippen LogP) is 3.23. The number of rotatable bonds is 6. The minimum absolute atomic E-state index is 0.0763. The topological polar surface area (TPSA) is 93.5 Å². The van der Waals surface area contributed by atoms with E-state index < -0.39 is 11.5 Å². The van der Waals surface area contributed by atoms with Crippen LogP contribution in [0.15, 0.2) is 30.3 Å². The Bertz CT molecular complexity index is 1040. The van der Waals surface area contributed by atoms with Gasteiger partial charge in [0, 0.05) is 18.7 Å². The molecule has 1 aromatic heterocycles. The van der Waals surface area contributed by atoms with E-state index >= 15 is 0 Å². The number of hydrogen-bond acceptors (Lipinski definition) is 5. The lowest BCUT2D eigenvalue weighted by Crippen LogP contribution is -2.64. The van der Waals surface area contributed by atoms with Crippen molar-refractivity contribution in [1.29, 1.82) is 0 Å². The summed E-state index contributed by atoms with van der Waals surface area (Å²) in [6.07, 6.45) is 5.29. The number of benzene rings is 1. The van der Waals surface area contributed by atoms with Crippen LogP contribution in [0.3, 0.4) is 0 Å². The van der Waals surface area contributed by atoms with Crippen molar-refractivity contribution >= 4 is 17.8 Å². The number of nitrogens with one attached hydrogen (secondary N) is 1. The fraction of sp³-hybridized carbons (Fsp3) is 0.520. The van der Waals surface area contributed by atoms with Crippen molar-refractivity contribution in [2.24, 2.45) is 0 Å². The Morgan fingerprint density at radius 2 is 1.88 bits per heavy atom. The average Bonchev–Trinajstić information content (AvgIpc) is 3.23. The van der Waals surface area contributed by atoms with Crippen LogP contribution in [0.5, 0.6) is 0 Å². The monoisotopic (exact) mass is 452 g/mol. The molecule has 1 aliphatic heterocycles. The molecule has 1 fully saturated rings. The zero-order valence-corrected chi connectivity index (χ0v) is 19.6. The van der Waals surface area contributed by atoms with Crippen LogP contribution < -0.4 is 5.32 Å². The highest BCUT2D eigenvalue weighted by atomic mass is 16.5. The van der Waals surface area contributed by atoms with E-state index in [4.69, 9.17) is 4.74 Å². The van der Waals surface area contributed by atoms with Crippen LogP contribution >= 0.6 is 0 Å². The number of esters is 1. The molecule has 1 aliphatic carbocycles. The third kappa shape index (κ3) is 4.65. The highest BCUT2D eigenvalue weighted by molar-refractivity contribution is 6.01. The summed E-state index contributed by atoms with van der Waals surface area (Å²) >= 11 is 0. The molecule has 8 nitrogen and oxygen atoms in total.